The molecule has 2 rings (SSSR count). The maximum absolute atomic E-state index is 8.54. The molecule has 98 valence electrons. The number of hydrogen-bond acceptors (Lipinski definition) is 5. The van der Waals surface area contributed by atoms with Crippen molar-refractivity contribution in [2.24, 2.45) is 0 Å². The molecule has 0 amide bonds. The standard InChI is InChI=1S/C13H15N5O/c1-19-12-7-3-2-6-11(12)10-13-15-16-17-18(13)9-5-4-8-14/h2-3,6-7H,4-5,9-10H2,1H3. The Morgan fingerprint density at radius 1 is 1.37 bits per heavy atom. The molecule has 0 N–H and O–H groups in total. The topological polar surface area (TPSA) is 76.6 Å². The molecular formula is C13H15N5O. The van der Waals surface area contributed by atoms with Crippen LogP contribution in [-0.4, -0.2) is 27.3 Å². The third kappa shape index (κ3) is 3.28. The summed E-state index contributed by atoms with van der Waals surface area (Å²) in [6, 6.07) is 9.91. The number of tetrazole rings is 1. The van der Waals surface area contributed by atoms with E-state index in [2.05, 4.69) is 21.6 Å². The van der Waals surface area contributed by atoms with E-state index < -0.39 is 0 Å². The lowest BCUT2D eigenvalue weighted by atomic mass is 10.1. The molecule has 0 spiro atoms. The van der Waals surface area contributed by atoms with E-state index in [1.165, 1.54) is 0 Å². The van der Waals surface area contributed by atoms with Crippen LogP contribution in [-0.2, 0) is 13.0 Å². The minimum Gasteiger partial charge on any atom is -0.496 e. The molecule has 0 bridgehead atoms. The highest BCUT2D eigenvalue weighted by Gasteiger charge is 2.09. The molecule has 2 aromatic rings. The second kappa shape index (κ2) is 6.50. The molecule has 0 saturated carbocycles. The van der Waals surface area contributed by atoms with Crippen molar-refractivity contribution in [2.75, 3.05) is 7.11 Å². The van der Waals surface area contributed by atoms with Gasteiger partial charge in [0.25, 0.3) is 0 Å². The summed E-state index contributed by atoms with van der Waals surface area (Å²) in [4.78, 5) is 0. The molecule has 0 fully saturated rings. The quantitative estimate of drug-likeness (QED) is 0.734. The number of rotatable bonds is 6. The summed E-state index contributed by atoms with van der Waals surface area (Å²) >= 11 is 0. The van der Waals surface area contributed by atoms with Crippen LogP contribution in [0, 0.1) is 11.3 Å². The average molecular weight is 257 g/mol. The van der Waals surface area contributed by atoms with Crippen molar-refractivity contribution in [3.63, 3.8) is 0 Å². The number of hydrogen-bond donors (Lipinski definition) is 0. The van der Waals surface area contributed by atoms with Crippen molar-refractivity contribution >= 4 is 0 Å². The lowest BCUT2D eigenvalue weighted by molar-refractivity contribution is 0.410. The van der Waals surface area contributed by atoms with Gasteiger partial charge in [-0.05, 0) is 22.9 Å². The SMILES string of the molecule is COc1ccccc1Cc1nnnn1CCCC#N. The van der Waals surface area contributed by atoms with Crippen molar-refractivity contribution in [2.45, 2.75) is 25.8 Å². The van der Waals surface area contributed by atoms with Gasteiger partial charge in [-0.3, -0.25) is 0 Å². The van der Waals surface area contributed by atoms with Gasteiger partial charge in [-0.25, -0.2) is 4.68 Å². The summed E-state index contributed by atoms with van der Waals surface area (Å²) in [7, 11) is 1.65. The van der Waals surface area contributed by atoms with Crippen LogP contribution in [0.5, 0.6) is 5.75 Å². The molecule has 0 atom stereocenters. The van der Waals surface area contributed by atoms with Crippen LogP contribution in [0.1, 0.15) is 24.2 Å². The summed E-state index contributed by atoms with van der Waals surface area (Å²) < 4.78 is 7.05. The largest absolute Gasteiger partial charge is 0.496 e. The summed E-state index contributed by atoms with van der Waals surface area (Å²) in [5.74, 6) is 1.61. The van der Waals surface area contributed by atoms with Crippen molar-refractivity contribution in [1.82, 2.24) is 20.2 Å². The number of nitriles is 1. The minimum atomic E-state index is 0.508. The zero-order valence-electron chi connectivity index (χ0n) is 10.8. The number of unbranched alkanes of at least 4 members (excludes halogenated alkanes) is 1. The summed E-state index contributed by atoms with van der Waals surface area (Å²) in [5, 5.41) is 20.2. The van der Waals surface area contributed by atoms with E-state index in [4.69, 9.17) is 10.00 Å². The molecule has 6 heteroatoms. The molecule has 0 aliphatic heterocycles. The van der Waals surface area contributed by atoms with Crippen molar-refractivity contribution in [1.29, 1.82) is 5.26 Å². The van der Waals surface area contributed by atoms with Crippen LogP contribution >= 0.6 is 0 Å². The fraction of sp³-hybridized carbons (Fsp3) is 0.385. The highest BCUT2D eigenvalue weighted by atomic mass is 16.5. The Morgan fingerprint density at radius 2 is 2.21 bits per heavy atom. The highest BCUT2D eigenvalue weighted by Crippen LogP contribution is 2.19. The van der Waals surface area contributed by atoms with Crippen LogP contribution in [0.4, 0.5) is 0 Å². The molecule has 0 aliphatic rings. The van der Waals surface area contributed by atoms with E-state index in [1.807, 2.05) is 24.3 Å². The van der Waals surface area contributed by atoms with Gasteiger partial charge in [0.1, 0.15) is 5.75 Å². The predicted molar refractivity (Wildman–Crippen MR) is 68.5 cm³/mol. The molecule has 0 radical (unpaired) electrons. The third-order valence-corrected chi connectivity index (χ3v) is 2.81. The Kier molecular flexibility index (Phi) is 4.45. The number of nitrogens with zero attached hydrogens (tertiary/aromatic N) is 5. The number of ether oxygens (including phenoxy) is 1. The van der Waals surface area contributed by atoms with E-state index in [9.17, 15) is 0 Å². The summed E-state index contributed by atoms with van der Waals surface area (Å²) in [6.07, 6.45) is 1.87. The monoisotopic (exact) mass is 257 g/mol. The third-order valence-electron chi connectivity index (χ3n) is 2.81. The van der Waals surface area contributed by atoms with Gasteiger partial charge in [0, 0.05) is 24.9 Å². The van der Waals surface area contributed by atoms with Crippen LogP contribution in [0.15, 0.2) is 24.3 Å². The zero-order chi connectivity index (χ0) is 13.5. The average Bonchev–Trinajstić information content (AvgIpc) is 2.87. The number of aryl methyl sites for hydroxylation is 1. The van der Waals surface area contributed by atoms with E-state index in [0.717, 1.165) is 23.6 Å². The van der Waals surface area contributed by atoms with Gasteiger partial charge in [0.15, 0.2) is 5.82 Å². The molecule has 1 heterocycles. The Hall–Kier alpha value is -2.42. The second-order valence-corrected chi connectivity index (χ2v) is 4.07. The number of aromatic nitrogens is 4. The molecule has 1 aromatic carbocycles. The Balaban J connectivity index is 2.11. The van der Waals surface area contributed by atoms with Crippen molar-refractivity contribution in [3.05, 3.63) is 35.7 Å². The van der Waals surface area contributed by atoms with E-state index in [0.29, 0.717) is 19.4 Å². The maximum Gasteiger partial charge on any atom is 0.155 e. The maximum atomic E-state index is 8.54. The van der Waals surface area contributed by atoms with Gasteiger partial charge in [-0.1, -0.05) is 18.2 Å². The number of benzene rings is 1. The summed E-state index contributed by atoms with van der Waals surface area (Å²) in [5.41, 5.74) is 1.04. The lowest BCUT2D eigenvalue weighted by Crippen LogP contribution is -2.07. The van der Waals surface area contributed by atoms with Crippen LogP contribution < -0.4 is 4.74 Å². The van der Waals surface area contributed by atoms with Crippen LogP contribution in [0.2, 0.25) is 0 Å². The first-order valence-electron chi connectivity index (χ1n) is 6.09. The molecular weight excluding hydrogens is 242 g/mol. The molecule has 0 saturated heterocycles. The van der Waals surface area contributed by atoms with E-state index in [-0.39, 0.29) is 0 Å². The van der Waals surface area contributed by atoms with Gasteiger partial charge >= 0.3 is 0 Å². The second-order valence-electron chi connectivity index (χ2n) is 4.07. The Morgan fingerprint density at radius 3 is 3.00 bits per heavy atom. The normalized spacial score (nSPS) is 10.1. The van der Waals surface area contributed by atoms with Crippen LogP contribution in [0.25, 0.3) is 0 Å². The smallest absolute Gasteiger partial charge is 0.155 e. The molecule has 19 heavy (non-hydrogen) atoms. The minimum absolute atomic E-state index is 0.508. The molecule has 1 aromatic heterocycles. The number of para-hydroxylation sites is 1. The lowest BCUT2D eigenvalue weighted by Gasteiger charge is -2.07. The zero-order valence-corrected chi connectivity index (χ0v) is 10.8. The van der Waals surface area contributed by atoms with Gasteiger partial charge in [-0.15, -0.1) is 5.10 Å². The van der Waals surface area contributed by atoms with Crippen LogP contribution in [0.3, 0.4) is 0 Å². The van der Waals surface area contributed by atoms with Gasteiger partial charge in [0.2, 0.25) is 0 Å². The highest BCUT2D eigenvalue weighted by molar-refractivity contribution is 5.35. The van der Waals surface area contributed by atoms with E-state index >= 15 is 0 Å². The molecule has 6 nitrogen and oxygen atoms in total. The molecule has 0 unspecified atom stereocenters. The Bertz CT molecular complexity index is 572. The van der Waals surface area contributed by atoms with E-state index in [1.54, 1.807) is 11.8 Å². The van der Waals surface area contributed by atoms with Crippen molar-refractivity contribution < 1.29 is 4.74 Å². The first-order valence-corrected chi connectivity index (χ1v) is 6.09. The van der Waals surface area contributed by atoms with Gasteiger partial charge in [0.05, 0.1) is 13.2 Å². The first-order chi connectivity index (χ1) is 9.35. The Labute approximate surface area is 111 Å². The molecule has 0 aliphatic carbocycles. The predicted octanol–water partition coefficient (Wildman–Crippen LogP) is 1.58. The fourth-order valence-electron chi connectivity index (χ4n) is 1.85. The van der Waals surface area contributed by atoms with Gasteiger partial charge < -0.3 is 4.74 Å². The van der Waals surface area contributed by atoms with Crippen molar-refractivity contribution in [3.8, 4) is 11.8 Å². The fourth-order valence-corrected chi connectivity index (χ4v) is 1.85. The van der Waals surface area contributed by atoms with Gasteiger partial charge in [-0.2, -0.15) is 5.26 Å². The summed E-state index contributed by atoms with van der Waals surface area (Å²) in [6.45, 7) is 0.658. The first kappa shape index (κ1) is 13.0. The number of methoxy groups -OCH3 is 1.